The number of morpholine rings is 1. The summed E-state index contributed by atoms with van der Waals surface area (Å²) >= 11 is 0. The van der Waals surface area contributed by atoms with Crippen LogP contribution in [0.15, 0.2) is 23.1 Å². The zero-order chi connectivity index (χ0) is 18.6. The lowest BCUT2D eigenvalue weighted by molar-refractivity contribution is 0.0730. The zero-order valence-corrected chi connectivity index (χ0v) is 15.9. The zero-order valence-electron chi connectivity index (χ0n) is 15.1. The molecule has 1 atom stereocenters. The van der Waals surface area contributed by atoms with Gasteiger partial charge in [0.15, 0.2) is 0 Å². The van der Waals surface area contributed by atoms with Crippen molar-refractivity contribution in [2.45, 2.75) is 31.7 Å². The van der Waals surface area contributed by atoms with E-state index in [1.54, 1.807) is 0 Å². The molecule has 2 rings (SSSR count). The number of nitrogens with zero attached hydrogens (tertiary/aromatic N) is 1. The maximum absolute atomic E-state index is 12.8. The number of methoxy groups -OCH3 is 1. The Balaban J connectivity index is 2.34. The van der Waals surface area contributed by atoms with E-state index in [1.807, 2.05) is 20.8 Å². The van der Waals surface area contributed by atoms with Crippen molar-refractivity contribution >= 4 is 15.9 Å². The van der Waals surface area contributed by atoms with E-state index in [1.165, 1.54) is 29.6 Å². The molecule has 1 N–H and O–H groups in total. The summed E-state index contributed by atoms with van der Waals surface area (Å²) in [6.07, 6.45) is 0. The average Bonchev–Trinajstić information content (AvgIpc) is 2.61. The molecule has 1 aliphatic heterocycles. The standard InChI is InChI=1S/C17H26N2O5S/c1-12(2)13(3)18-17(20)15-11-14(5-6-16(15)23-4)25(21,22)19-7-9-24-10-8-19/h5-6,11-13H,7-10H2,1-4H3,(H,18,20). The van der Waals surface area contributed by atoms with Crippen LogP contribution in [0.2, 0.25) is 0 Å². The molecule has 1 heterocycles. The van der Waals surface area contributed by atoms with Gasteiger partial charge in [-0.05, 0) is 31.0 Å². The van der Waals surface area contributed by atoms with Gasteiger partial charge in [-0.1, -0.05) is 13.8 Å². The fourth-order valence-corrected chi connectivity index (χ4v) is 3.85. The highest BCUT2D eigenvalue weighted by Crippen LogP contribution is 2.25. The summed E-state index contributed by atoms with van der Waals surface area (Å²) < 4.78 is 37.4. The van der Waals surface area contributed by atoms with E-state index in [9.17, 15) is 13.2 Å². The summed E-state index contributed by atoms with van der Waals surface area (Å²) in [5.41, 5.74) is 0.212. The maximum atomic E-state index is 12.8. The molecule has 1 aliphatic rings. The predicted octanol–water partition coefficient (Wildman–Crippen LogP) is 1.49. The number of amides is 1. The first-order valence-corrected chi connectivity index (χ1v) is 9.78. The Morgan fingerprint density at radius 3 is 2.44 bits per heavy atom. The third-order valence-electron chi connectivity index (χ3n) is 4.38. The molecular formula is C17H26N2O5S. The molecule has 1 amide bonds. The molecule has 0 aliphatic carbocycles. The predicted molar refractivity (Wildman–Crippen MR) is 94.3 cm³/mol. The smallest absolute Gasteiger partial charge is 0.255 e. The number of carbonyl (C=O) groups excluding carboxylic acids is 1. The van der Waals surface area contributed by atoms with Crippen molar-refractivity contribution in [1.29, 1.82) is 0 Å². The van der Waals surface area contributed by atoms with Crippen LogP contribution in [0.1, 0.15) is 31.1 Å². The molecule has 0 aromatic heterocycles. The highest BCUT2D eigenvalue weighted by atomic mass is 32.2. The van der Waals surface area contributed by atoms with Crippen molar-refractivity contribution in [2.75, 3.05) is 33.4 Å². The Kier molecular flexibility index (Phi) is 6.42. The van der Waals surface area contributed by atoms with Crippen molar-refractivity contribution in [3.63, 3.8) is 0 Å². The van der Waals surface area contributed by atoms with Gasteiger partial charge in [0.25, 0.3) is 5.91 Å². The number of hydrogen-bond acceptors (Lipinski definition) is 5. The molecule has 1 unspecified atom stereocenters. The number of rotatable bonds is 6. The second-order valence-electron chi connectivity index (χ2n) is 6.38. The van der Waals surface area contributed by atoms with Gasteiger partial charge in [-0.3, -0.25) is 4.79 Å². The third kappa shape index (κ3) is 4.50. The molecule has 140 valence electrons. The van der Waals surface area contributed by atoms with Crippen molar-refractivity contribution < 1.29 is 22.7 Å². The summed E-state index contributed by atoms with van der Waals surface area (Å²) in [6.45, 7) is 7.26. The molecule has 1 aromatic rings. The minimum absolute atomic E-state index is 0.0447. The average molecular weight is 370 g/mol. The third-order valence-corrected chi connectivity index (χ3v) is 6.28. The van der Waals surface area contributed by atoms with Crippen molar-refractivity contribution in [3.05, 3.63) is 23.8 Å². The maximum Gasteiger partial charge on any atom is 0.255 e. The van der Waals surface area contributed by atoms with Gasteiger partial charge in [-0.15, -0.1) is 0 Å². The SMILES string of the molecule is COc1ccc(S(=O)(=O)N2CCOCC2)cc1C(=O)NC(C)C(C)C. The summed E-state index contributed by atoms with van der Waals surface area (Å²) in [5.74, 6) is 0.252. The van der Waals surface area contributed by atoms with Crippen LogP contribution in [-0.4, -0.2) is 58.1 Å². The number of ether oxygens (including phenoxy) is 2. The van der Waals surface area contributed by atoms with E-state index in [4.69, 9.17) is 9.47 Å². The molecule has 0 saturated carbocycles. The second-order valence-corrected chi connectivity index (χ2v) is 8.32. The van der Waals surface area contributed by atoms with Gasteiger partial charge >= 0.3 is 0 Å². The quantitative estimate of drug-likeness (QED) is 0.820. The molecule has 7 nitrogen and oxygen atoms in total. The lowest BCUT2D eigenvalue weighted by Gasteiger charge is -2.26. The summed E-state index contributed by atoms with van der Waals surface area (Å²) in [6, 6.07) is 4.32. The van der Waals surface area contributed by atoms with Gasteiger partial charge in [0.2, 0.25) is 10.0 Å². The fourth-order valence-electron chi connectivity index (χ4n) is 2.41. The van der Waals surface area contributed by atoms with Crippen LogP contribution in [-0.2, 0) is 14.8 Å². The molecule has 8 heteroatoms. The summed E-state index contributed by atoms with van der Waals surface area (Å²) in [7, 11) is -2.22. The summed E-state index contributed by atoms with van der Waals surface area (Å²) in [5, 5.41) is 2.88. The molecule has 0 radical (unpaired) electrons. The summed E-state index contributed by atoms with van der Waals surface area (Å²) in [4.78, 5) is 12.7. The lowest BCUT2D eigenvalue weighted by atomic mass is 10.1. The van der Waals surface area contributed by atoms with Gasteiger partial charge in [-0.2, -0.15) is 4.31 Å². The van der Waals surface area contributed by atoms with Crippen molar-refractivity contribution in [1.82, 2.24) is 9.62 Å². The first-order valence-electron chi connectivity index (χ1n) is 8.34. The Labute approximate surface area is 149 Å². The number of sulfonamides is 1. The van der Waals surface area contributed by atoms with E-state index in [0.29, 0.717) is 32.1 Å². The molecule has 1 saturated heterocycles. The van der Waals surface area contributed by atoms with Gasteiger partial charge in [0.1, 0.15) is 5.75 Å². The van der Waals surface area contributed by atoms with Crippen molar-refractivity contribution in [2.24, 2.45) is 5.92 Å². The highest BCUT2D eigenvalue weighted by molar-refractivity contribution is 7.89. The van der Waals surface area contributed by atoms with E-state index in [2.05, 4.69) is 5.32 Å². The fraction of sp³-hybridized carbons (Fsp3) is 0.588. The number of benzene rings is 1. The molecular weight excluding hydrogens is 344 g/mol. The normalized spacial score (nSPS) is 17.3. The number of hydrogen-bond donors (Lipinski definition) is 1. The van der Waals surface area contributed by atoms with Crippen molar-refractivity contribution in [3.8, 4) is 5.75 Å². The molecule has 1 aromatic carbocycles. The largest absolute Gasteiger partial charge is 0.496 e. The Hall–Kier alpha value is -1.64. The van der Waals surface area contributed by atoms with Crippen LogP contribution >= 0.6 is 0 Å². The van der Waals surface area contributed by atoms with Gasteiger partial charge < -0.3 is 14.8 Å². The minimum Gasteiger partial charge on any atom is -0.496 e. The van der Waals surface area contributed by atoms with Crippen LogP contribution in [0, 0.1) is 5.92 Å². The molecule has 0 spiro atoms. The monoisotopic (exact) mass is 370 g/mol. The second kappa shape index (κ2) is 8.16. The van der Waals surface area contributed by atoms with Gasteiger partial charge in [0.05, 0.1) is 30.8 Å². The van der Waals surface area contributed by atoms with Crippen LogP contribution < -0.4 is 10.1 Å². The van der Waals surface area contributed by atoms with Crippen LogP contribution in [0.25, 0.3) is 0 Å². The number of carbonyl (C=O) groups is 1. The van der Waals surface area contributed by atoms with Gasteiger partial charge in [-0.25, -0.2) is 8.42 Å². The Morgan fingerprint density at radius 2 is 1.88 bits per heavy atom. The van der Waals surface area contributed by atoms with Crippen LogP contribution in [0.5, 0.6) is 5.75 Å². The van der Waals surface area contributed by atoms with Gasteiger partial charge in [0, 0.05) is 19.1 Å². The molecule has 1 fully saturated rings. The Morgan fingerprint density at radius 1 is 1.24 bits per heavy atom. The van der Waals surface area contributed by atoms with Crippen LogP contribution in [0.4, 0.5) is 0 Å². The first-order chi connectivity index (χ1) is 11.8. The minimum atomic E-state index is -3.67. The topological polar surface area (TPSA) is 84.9 Å². The number of nitrogens with one attached hydrogen (secondary N) is 1. The van der Waals surface area contributed by atoms with Crippen LogP contribution in [0.3, 0.4) is 0 Å². The Bertz CT molecular complexity index is 712. The van der Waals surface area contributed by atoms with E-state index in [-0.39, 0.29) is 28.3 Å². The molecule has 25 heavy (non-hydrogen) atoms. The van der Waals surface area contributed by atoms with E-state index < -0.39 is 10.0 Å². The van der Waals surface area contributed by atoms with E-state index >= 15 is 0 Å². The first kappa shape index (κ1) is 19.7. The lowest BCUT2D eigenvalue weighted by Crippen LogP contribution is -2.40. The molecule has 0 bridgehead atoms. The highest BCUT2D eigenvalue weighted by Gasteiger charge is 2.28. The van der Waals surface area contributed by atoms with E-state index in [0.717, 1.165) is 0 Å².